The lowest BCUT2D eigenvalue weighted by atomic mass is 10.0. The Kier molecular flexibility index (Phi) is 4.36. The highest BCUT2D eigenvalue weighted by Gasteiger charge is 2.42. The minimum Gasteiger partial charge on any atom is -0.384 e. The maximum absolute atomic E-state index is 12.3. The predicted molar refractivity (Wildman–Crippen MR) is 105 cm³/mol. The molecule has 1 saturated carbocycles. The Balaban J connectivity index is 1.40. The summed E-state index contributed by atoms with van der Waals surface area (Å²) in [6, 6.07) is 11.0. The van der Waals surface area contributed by atoms with Crippen LogP contribution in [0.15, 0.2) is 47.1 Å². The lowest BCUT2D eigenvalue weighted by Gasteiger charge is -2.07. The average Bonchev–Trinajstić information content (AvgIpc) is 3.20. The highest BCUT2D eigenvalue weighted by molar-refractivity contribution is 6.33. The van der Waals surface area contributed by atoms with E-state index in [-0.39, 0.29) is 17.7 Å². The maximum atomic E-state index is 12.3. The zero-order chi connectivity index (χ0) is 19.0. The number of rotatable bonds is 5. The van der Waals surface area contributed by atoms with Gasteiger partial charge in [0, 0.05) is 23.2 Å². The van der Waals surface area contributed by atoms with Crippen LogP contribution in [0.25, 0.3) is 11.1 Å². The molecule has 0 saturated heterocycles. The summed E-state index contributed by atoms with van der Waals surface area (Å²) in [5.41, 5.74) is 8.30. The Labute approximate surface area is 161 Å². The van der Waals surface area contributed by atoms with E-state index in [1.807, 2.05) is 30.3 Å². The summed E-state index contributed by atoms with van der Waals surface area (Å²) >= 11 is 6.22. The van der Waals surface area contributed by atoms with Crippen molar-refractivity contribution in [2.24, 2.45) is 0 Å². The molecule has 6 nitrogen and oxygen atoms in total. The molecule has 7 heteroatoms. The van der Waals surface area contributed by atoms with Crippen molar-refractivity contribution >= 4 is 29.1 Å². The van der Waals surface area contributed by atoms with Crippen LogP contribution in [0.5, 0.6) is 0 Å². The minimum absolute atomic E-state index is 0.0873. The number of anilines is 2. The molecule has 0 atom stereocenters. The molecule has 1 aromatic carbocycles. The molecule has 1 aliphatic rings. The molecule has 4 rings (SSSR count). The summed E-state index contributed by atoms with van der Waals surface area (Å²) in [6.07, 6.45) is 4.07. The van der Waals surface area contributed by atoms with Gasteiger partial charge in [0.1, 0.15) is 11.6 Å². The van der Waals surface area contributed by atoms with E-state index in [0.29, 0.717) is 16.7 Å². The number of benzene rings is 1. The lowest BCUT2D eigenvalue weighted by Crippen LogP contribution is -2.14. The zero-order valence-corrected chi connectivity index (χ0v) is 15.6. The fourth-order valence-electron chi connectivity index (χ4n) is 2.89. The van der Waals surface area contributed by atoms with Gasteiger partial charge in [0.25, 0.3) is 0 Å². The molecule has 0 aliphatic heterocycles. The highest BCUT2D eigenvalue weighted by atomic mass is 35.5. The van der Waals surface area contributed by atoms with Crippen molar-refractivity contribution in [1.29, 1.82) is 0 Å². The Bertz CT molecular complexity index is 993. The Morgan fingerprint density at radius 2 is 2.04 bits per heavy atom. The second kappa shape index (κ2) is 6.70. The molecule has 0 radical (unpaired) electrons. The number of amides is 1. The molecule has 1 amide bonds. The second-order valence-electron chi connectivity index (χ2n) is 7.15. The number of nitrogens with two attached hydrogens (primary N) is 1. The number of pyridine rings is 1. The minimum atomic E-state index is -0.143. The summed E-state index contributed by atoms with van der Waals surface area (Å²) in [7, 11) is 0. The third-order valence-electron chi connectivity index (χ3n) is 4.88. The fourth-order valence-corrected chi connectivity index (χ4v) is 3.15. The van der Waals surface area contributed by atoms with Crippen LogP contribution in [0.4, 0.5) is 11.6 Å². The van der Waals surface area contributed by atoms with Gasteiger partial charge in [0.15, 0.2) is 5.82 Å². The van der Waals surface area contributed by atoms with Gasteiger partial charge in [0.05, 0.1) is 11.4 Å². The summed E-state index contributed by atoms with van der Waals surface area (Å²) < 4.78 is 5.33. The molecular weight excluding hydrogens is 364 g/mol. The van der Waals surface area contributed by atoms with Crippen LogP contribution < -0.4 is 11.1 Å². The van der Waals surface area contributed by atoms with E-state index in [1.165, 1.54) is 0 Å². The van der Waals surface area contributed by atoms with Gasteiger partial charge in [-0.25, -0.2) is 4.98 Å². The van der Waals surface area contributed by atoms with Crippen LogP contribution in [0, 0.1) is 0 Å². The van der Waals surface area contributed by atoms with Gasteiger partial charge in [-0.15, -0.1) is 0 Å². The Morgan fingerprint density at radius 3 is 2.70 bits per heavy atom. The molecule has 0 bridgehead atoms. The number of hydrogen-bond acceptors (Lipinski definition) is 5. The molecule has 27 heavy (non-hydrogen) atoms. The average molecular weight is 383 g/mol. The first-order valence-electron chi connectivity index (χ1n) is 8.70. The van der Waals surface area contributed by atoms with Gasteiger partial charge in [-0.05, 0) is 30.0 Å². The predicted octanol–water partition coefficient (Wildman–Crippen LogP) is 4.20. The topological polar surface area (TPSA) is 94.0 Å². The van der Waals surface area contributed by atoms with Gasteiger partial charge in [-0.3, -0.25) is 4.79 Å². The number of nitrogen functional groups attached to an aromatic ring is 1. The summed E-state index contributed by atoms with van der Waals surface area (Å²) in [6.45, 7) is 2.13. The zero-order valence-electron chi connectivity index (χ0n) is 14.8. The maximum Gasteiger partial charge on any atom is 0.230 e. The molecule has 1 aliphatic carbocycles. The third-order valence-corrected chi connectivity index (χ3v) is 5.19. The van der Waals surface area contributed by atoms with Crippen molar-refractivity contribution in [3.05, 3.63) is 58.9 Å². The van der Waals surface area contributed by atoms with Crippen LogP contribution in [-0.4, -0.2) is 16.0 Å². The van der Waals surface area contributed by atoms with Crippen LogP contribution in [0.1, 0.15) is 31.1 Å². The molecule has 3 aromatic rings. The SMILES string of the molecule is CC1(c2cc(NC(=O)Cc3ccc(-c4cnc(N)cc4Cl)cc3)no2)CC1. The van der Waals surface area contributed by atoms with E-state index in [0.717, 1.165) is 35.3 Å². The number of nitrogens with one attached hydrogen (secondary N) is 1. The smallest absolute Gasteiger partial charge is 0.230 e. The molecular formula is C20H19ClN4O2. The second-order valence-corrected chi connectivity index (χ2v) is 7.56. The number of aromatic nitrogens is 2. The molecule has 2 aromatic heterocycles. The molecule has 3 N–H and O–H groups in total. The summed E-state index contributed by atoms with van der Waals surface area (Å²) in [4.78, 5) is 16.3. The first-order valence-corrected chi connectivity index (χ1v) is 9.08. The quantitative estimate of drug-likeness (QED) is 0.689. The number of carbonyl (C=O) groups excluding carboxylic acids is 1. The van der Waals surface area contributed by atoms with E-state index in [2.05, 4.69) is 22.4 Å². The Hall–Kier alpha value is -2.86. The van der Waals surface area contributed by atoms with Crippen LogP contribution in [0.2, 0.25) is 5.02 Å². The highest BCUT2D eigenvalue weighted by Crippen LogP contribution is 2.48. The largest absolute Gasteiger partial charge is 0.384 e. The van der Waals surface area contributed by atoms with Gasteiger partial charge in [-0.2, -0.15) is 0 Å². The van der Waals surface area contributed by atoms with Crippen LogP contribution in [0.3, 0.4) is 0 Å². The van der Waals surface area contributed by atoms with Crippen molar-refractivity contribution in [2.45, 2.75) is 31.6 Å². The third kappa shape index (κ3) is 3.80. The van der Waals surface area contributed by atoms with Gasteiger partial charge >= 0.3 is 0 Å². The fraction of sp³-hybridized carbons (Fsp3) is 0.250. The van der Waals surface area contributed by atoms with E-state index in [4.69, 9.17) is 21.9 Å². The summed E-state index contributed by atoms with van der Waals surface area (Å²) in [5.74, 6) is 1.52. The van der Waals surface area contributed by atoms with E-state index in [9.17, 15) is 4.79 Å². The first-order chi connectivity index (χ1) is 12.9. The van der Waals surface area contributed by atoms with Crippen molar-refractivity contribution in [2.75, 3.05) is 11.1 Å². The van der Waals surface area contributed by atoms with Crippen LogP contribution in [-0.2, 0) is 16.6 Å². The van der Waals surface area contributed by atoms with Crippen LogP contribution >= 0.6 is 11.6 Å². The van der Waals surface area contributed by atoms with Gasteiger partial charge in [-0.1, -0.05) is 47.9 Å². The van der Waals surface area contributed by atoms with Crippen molar-refractivity contribution in [3.8, 4) is 11.1 Å². The van der Waals surface area contributed by atoms with Gasteiger partial charge < -0.3 is 15.6 Å². The lowest BCUT2D eigenvalue weighted by molar-refractivity contribution is -0.115. The van der Waals surface area contributed by atoms with Crippen molar-refractivity contribution in [3.63, 3.8) is 0 Å². The molecule has 2 heterocycles. The molecule has 0 unspecified atom stereocenters. The standard InChI is InChI=1S/C20H19ClN4O2/c1-20(6-7-20)16-10-18(25-27-16)24-19(26)8-12-2-4-13(5-3-12)14-11-23-17(22)9-15(14)21/h2-5,9-11H,6-8H2,1H3,(H2,22,23)(H,24,25,26). The molecule has 1 fully saturated rings. The number of halogens is 1. The number of hydrogen-bond donors (Lipinski definition) is 2. The van der Waals surface area contributed by atoms with E-state index < -0.39 is 0 Å². The normalized spacial score (nSPS) is 14.7. The van der Waals surface area contributed by atoms with Gasteiger partial charge in [0.2, 0.25) is 5.91 Å². The van der Waals surface area contributed by atoms with E-state index in [1.54, 1.807) is 12.3 Å². The number of carbonyl (C=O) groups is 1. The monoisotopic (exact) mass is 382 g/mol. The summed E-state index contributed by atoms with van der Waals surface area (Å²) in [5, 5.41) is 7.26. The number of nitrogens with zero attached hydrogens (tertiary/aromatic N) is 2. The van der Waals surface area contributed by atoms with E-state index >= 15 is 0 Å². The molecule has 0 spiro atoms. The molecule has 138 valence electrons. The van der Waals surface area contributed by atoms with Crippen molar-refractivity contribution < 1.29 is 9.32 Å². The first kappa shape index (κ1) is 17.5. The van der Waals surface area contributed by atoms with Crippen molar-refractivity contribution in [1.82, 2.24) is 10.1 Å². The Morgan fingerprint density at radius 1 is 1.30 bits per heavy atom.